The highest BCUT2D eigenvalue weighted by atomic mass is 16.3. The summed E-state index contributed by atoms with van der Waals surface area (Å²) in [6.45, 7) is 3.51. The fourth-order valence-electron chi connectivity index (χ4n) is 1.58. The summed E-state index contributed by atoms with van der Waals surface area (Å²) in [5.74, 6) is -0.234. The van der Waals surface area contributed by atoms with Crippen molar-refractivity contribution in [1.29, 1.82) is 0 Å². The Kier molecular flexibility index (Phi) is 2.93. The van der Waals surface area contributed by atoms with E-state index in [9.17, 15) is 14.7 Å². The van der Waals surface area contributed by atoms with Crippen molar-refractivity contribution in [3.8, 4) is 5.75 Å². The average molecular weight is 247 g/mol. The number of hydrogen-bond acceptors (Lipinski definition) is 3. The van der Waals surface area contributed by atoms with Crippen LogP contribution < -0.4 is 11.0 Å². The van der Waals surface area contributed by atoms with E-state index >= 15 is 0 Å². The highest BCUT2D eigenvalue weighted by Gasteiger charge is 2.11. The summed E-state index contributed by atoms with van der Waals surface area (Å²) >= 11 is 0. The van der Waals surface area contributed by atoms with Gasteiger partial charge in [-0.3, -0.25) is 4.79 Å². The Morgan fingerprint density at radius 3 is 2.61 bits per heavy atom. The monoisotopic (exact) mass is 247 g/mol. The molecule has 0 aliphatic carbocycles. The number of amides is 1. The molecule has 1 heterocycles. The smallest absolute Gasteiger partial charge is 0.323 e. The maximum Gasteiger partial charge on any atom is 0.323 e. The molecule has 1 aromatic carbocycles. The number of anilines is 1. The van der Waals surface area contributed by atoms with Gasteiger partial charge in [-0.1, -0.05) is 0 Å². The molecule has 6 heteroatoms. The second-order valence-electron chi connectivity index (χ2n) is 4.06. The first kappa shape index (κ1) is 12.0. The van der Waals surface area contributed by atoms with Crippen LogP contribution in [0.2, 0.25) is 0 Å². The third-order valence-corrected chi connectivity index (χ3v) is 2.63. The van der Waals surface area contributed by atoms with Gasteiger partial charge in [0.25, 0.3) is 5.91 Å². The van der Waals surface area contributed by atoms with E-state index in [0.717, 1.165) is 5.56 Å². The number of phenols is 1. The molecule has 0 aliphatic heterocycles. The number of benzene rings is 1. The Bertz CT molecular complexity index is 655. The molecule has 0 spiro atoms. The summed E-state index contributed by atoms with van der Waals surface area (Å²) in [5, 5.41) is 12.2. The number of nitrogens with one attached hydrogen (secondary N) is 3. The Labute approximate surface area is 103 Å². The molecule has 0 saturated heterocycles. The SMILES string of the molecule is Cc1cc(NC(=O)c2c[nH]c(=O)[nH]2)c(C)cc1O. The predicted molar refractivity (Wildman–Crippen MR) is 66.9 cm³/mol. The zero-order chi connectivity index (χ0) is 13.3. The van der Waals surface area contributed by atoms with Crippen molar-refractivity contribution in [3.05, 3.63) is 45.6 Å². The Morgan fingerprint density at radius 1 is 1.28 bits per heavy atom. The molecule has 1 aromatic heterocycles. The summed E-state index contributed by atoms with van der Waals surface area (Å²) in [6.07, 6.45) is 1.31. The van der Waals surface area contributed by atoms with Gasteiger partial charge in [-0.15, -0.1) is 0 Å². The second-order valence-corrected chi connectivity index (χ2v) is 4.06. The van der Waals surface area contributed by atoms with Gasteiger partial charge in [0.1, 0.15) is 11.4 Å². The van der Waals surface area contributed by atoms with E-state index in [0.29, 0.717) is 11.3 Å². The van der Waals surface area contributed by atoms with Crippen LogP contribution in [0, 0.1) is 13.8 Å². The minimum absolute atomic E-state index is 0.158. The van der Waals surface area contributed by atoms with Gasteiger partial charge in [0.15, 0.2) is 0 Å². The number of aromatic hydroxyl groups is 1. The van der Waals surface area contributed by atoms with E-state index in [4.69, 9.17) is 0 Å². The Morgan fingerprint density at radius 2 is 2.00 bits per heavy atom. The lowest BCUT2D eigenvalue weighted by Gasteiger charge is -2.09. The molecule has 0 atom stereocenters. The second kappa shape index (κ2) is 4.40. The molecule has 4 N–H and O–H groups in total. The van der Waals surface area contributed by atoms with E-state index < -0.39 is 11.6 Å². The van der Waals surface area contributed by atoms with Crippen LogP contribution in [-0.4, -0.2) is 21.0 Å². The lowest BCUT2D eigenvalue weighted by atomic mass is 10.1. The maximum atomic E-state index is 11.8. The highest BCUT2D eigenvalue weighted by Crippen LogP contribution is 2.25. The van der Waals surface area contributed by atoms with Crippen molar-refractivity contribution in [2.24, 2.45) is 0 Å². The molecule has 0 radical (unpaired) electrons. The van der Waals surface area contributed by atoms with E-state index in [2.05, 4.69) is 15.3 Å². The van der Waals surface area contributed by atoms with Gasteiger partial charge in [-0.2, -0.15) is 0 Å². The molecule has 6 nitrogen and oxygen atoms in total. The molecule has 0 fully saturated rings. The molecule has 1 amide bonds. The van der Waals surface area contributed by atoms with Crippen molar-refractivity contribution >= 4 is 11.6 Å². The summed E-state index contributed by atoms with van der Waals surface area (Å²) in [7, 11) is 0. The maximum absolute atomic E-state index is 11.8. The normalized spacial score (nSPS) is 10.3. The topological polar surface area (TPSA) is 98.0 Å². The zero-order valence-corrected chi connectivity index (χ0v) is 10.00. The summed E-state index contributed by atoms with van der Waals surface area (Å²) < 4.78 is 0. The van der Waals surface area contributed by atoms with Gasteiger partial charge < -0.3 is 20.4 Å². The van der Waals surface area contributed by atoms with Crippen molar-refractivity contribution in [2.45, 2.75) is 13.8 Å². The summed E-state index contributed by atoms with van der Waals surface area (Å²) in [4.78, 5) is 27.4. The van der Waals surface area contributed by atoms with Crippen molar-refractivity contribution in [2.75, 3.05) is 5.32 Å². The number of rotatable bonds is 2. The summed E-state index contributed by atoms with van der Waals surface area (Å²) in [6, 6.07) is 3.25. The van der Waals surface area contributed by atoms with E-state index in [1.165, 1.54) is 6.20 Å². The number of H-pyrrole nitrogens is 2. The molecule has 2 aromatic rings. The first-order valence-corrected chi connectivity index (χ1v) is 5.36. The van der Waals surface area contributed by atoms with Gasteiger partial charge in [-0.05, 0) is 37.1 Å². The first-order chi connectivity index (χ1) is 8.47. The fraction of sp³-hybridized carbons (Fsp3) is 0.167. The molecule has 0 saturated carbocycles. The number of aromatic nitrogens is 2. The van der Waals surface area contributed by atoms with Gasteiger partial charge in [0, 0.05) is 11.9 Å². The van der Waals surface area contributed by atoms with Gasteiger partial charge in [-0.25, -0.2) is 4.79 Å². The largest absolute Gasteiger partial charge is 0.508 e. The van der Waals surface area contributed by atoms with Crippen LogP contribution in [0.3, 0.4) is 0 Å². The standard InChI is InChI=1S/C12H13N3O3/c1-6-4-10(16)7(2)3-8(6)14-11(17)9-5-13-12(18)15-9/h3-5,16H,1-2H3,(H,14,17)(H2,13,15,18). The highest BCUT2D eigenvalue weighted by molar-refractivity contribution is 6.03. The van der Waals surface area contributed by atoms with Gasteiger partial charge >= 0.3 is 5.69 Å². The van der Waals surface area contributed by atoms with E-state index in [-0.39, 0.29) is 11.4 Å². The number of phenolic OH excluding ortho intramolecular Hbond substituents is 1. The van der Waals surface area contributed by atoms with Crippen LogP contribution in [0.15, 0.2) is 23.1 Å². The van der Waals surface area contributed by atoms with Crippen molar-refractivity contribution < 1.29 is 9.90 Å². The number of hydrogen-bond donors (Lipinski definition) is 4. The summed E-state index contributed by atoms with van der Waals surface area (Å²) in [5.41, 5.74) is 1.73. The minimum Gasteiger partial charge on any atom is -0.508 e. The molecule has 2 rings (SSSR count). The average Bonchev–Trinajstić information content (AvgIpc) is 2.73. The lowest BCUT2D eigenvalue weighted by molar-refractivity contribution is 0.102. The van der Waals surface area contributed by atoms with Crippen LogP contribution in [0.4, 0.5) is 5.69 Å². The lowest BCUT2D eigenvalue weighted by Crippen LogP contribution is -2.14. The Balaban J connectivity index is 2.27. The van der Waals surface area contributed by atoms with E-state index in [1.54, 1.807) is 26.0 Å². The zero-order valence-electron chi connectivity index (χ0n) is 10.00. The number of carbonyl (C=O) groups is 1. The fourth-order valence-corrected chi connectivity index (χ4v) is 1.58. The molecule has 0 aliphatic rings. The first-order valence-electron chi connectivity index (χ1n) is 5.36. The number of imidazole rings is 1. The number of aromatic amines is 2. The van der Waals surface area contributed by atoms with Crippen molar-refractivity contribution in [1.82, 2.24) is 9.97 Å². The number of aryl methyl sites for hydroxylation is 2. The molecular weight excluding hydrogens is 234 g/mol. The quantitative estimate of drug-likeness (QED) is 0.601. The minimum atomic E-state index is -0.432. The Hall–Kier alpha value is -2.50. The molecule has 0 bridgehead atoms. The van der Waals surface area contributed by atoms with Crippen LogP contribution in [0.25, 0.3) is 0 Å². The molecule has 0 unspecified atom stereocenters. The third-order valence-electron chi connectivity index (χ3n) is 2.63. The molecule has 18 heavy (non-hydrogen) atoms. The van der Waals surface area contributed by atoms with Gasteiger partial charge in [0.2, 0.25) is 0 Å². The molecule has 94 valence electrons. The van der Waals surface area contributed by atoms with Crippen LogP contribution in [0.1, 0.15) is 21.6 Å². The van der Waals surface area contributed by atoms with Crippen LogP contribution in [0.5, 0.6) is 5.75 Å². The molecular formula is C12H13N3O3. The van der Waals surface area contributed by atoms with Crippen molar-refractivity contribution in [3.63, 3.8) is 0 Å². The predicted octanol–water partition coefficient (Wildman–Crippen LogP) is 1.28. The van der Waals surface area contributed by atoms with Crippen LogP contribution >= 0.6 is 0 Å². The number of carbonyl (C=O) groups excluding carboxylic acids is 1. The third kappa shape index (κ3) is 2.27. The van der Waals surface area contributed by atoms with E-state index in [1.807, 2.05) is 0 Å². The van der Waals surface area contributed by atoms with Crippen LogP contribution in [-0.2, 0) is 0 Å². The van der Waals surface area contributed by atoms with Gasteiger partial charge in [0.05, 0.1) is 0 Å².